The minimum absolute atomic E-state index is 0.136. The molecule has 0 atom stereocenters. The molecule has 0 aliphatic heterocycles. The lowest BCUT2D eigenvalue weighted by Gasteiger charge is -2.11. The molecule has 0 unspecified atom stereocenters. The van der Waals surface area contributed by atoms with E-state index in [2.05, 4.69) is 15.6 Å². The van der Waals surface area contributed by atoms with Crippen molar-refractivity contribution >= 4 is 39.7 Å². The summed E-state index contributed by atoms with van der Waals surface area (Å²) in [5, 5.41) is 28.6. The van der Waals surface area contributed by atoms with Crippen LogP contribution in [0.25, 0.3) is 11.3 Å². The number of aromatic carboxylic acids is 1. The van der Waals surface area contributed by atoms with Crippen LogP contribution in [0.15, 0.2) is 47.8 Å². The Labute approximate surface area is 153 Å². The van der Waals surface area contributed by atoms with Crippen LogP contribution in [0.3, 0.4) is 0 Å². The van der Waals surface area contributed by atoms with Crippen LogP contribution in [0.4, 0.5) is 16.5 Å². The molecule has 0 aliphatic rings. The van der Waals surface area contributed by atoms with Gasteiger partial charge in [-0.15, -0.1) is 11.3 Å². The number of anilines is 3. The summed E-state index contributed by atoms with van der Waals surface area (Å²) in [6, 6.07) is 11.3. The van der Waals surface area contributed by atoms with Gasteiger partial charge in [0.15, 0.2) is 5.13 Å². The number of nitrogens with one attached hydrogen (secondary N) is 2. The Morgan fingerprint density at radius 1 is 1.12 bits per heavy atom. The number of amides is 1. The average molecular weight is 368 g/mol. The van der Waals surface area contributed by atoms with Crippen LogP contribution in [0.2, 0.25) is 0 Å². The number of hydrogen-bond donors (Lipinski definition) is 3. The highest BCUT2D eigenvalue weighted by molar-refractivity contribution is 7.14. The summed E-state index contributed by atoms with van der Waals surface area (Å²) in [6.07, 6.45) is 0. The first kappa shape index (κ1) is 17.4. The number of benzene rings is 2. The fourth-order valence-electron chi connectivity index (χ4n) is 2.29. The molecular formula is C18H14N3O4S-. The number of hydrogen-bond acceptors (Lipinski definition) is 6. The van der Waals surface area contributed by atoms with Crippen molar-refractivity contribution in [3.63, 3.8) is 0 Å². The second-order valence-corrected chi connectivity index (χ2v) is 6.30. The Morgan fingerprint density at radius 3 is 2.46 bits per heavy atom. The van der Waals surface area contributed by atoms with Gasteiger partial charge in [0.2, 0.25) is 5.91 Å². The zero-order valence-electron chi connectivity index (χ0n) is 13.6. The van der Waals surface area contributed by atoms with E-state index in [1.165, 1.54) is 36.5 Å². The summed E-state index contributed by atoms with van der Waals surface area (Å²) >= 11 is 1.36. The molecule has 0 radical (unpaired) electrons. The predicted octanol–water partition coefficient (Wildman–Crippen LogP) is 3.28. The molecule has 0 aliphatic carbocycles. The molecule has 0 spiro atoms. The standard InChI is InChI=1S/C18H15N3O4S/c1-10(22)19-12-4-2-11(3-5-12)15-9-26-18(21-15)20-13-6-7-16(23)14(8-13)17(24)25/h2-9,23H,1H3,(H,19,22)(H,20,21)(H,24,25)/p-1. The van der Waals surface area contributed by atoms with Crippen LogP contribution >= 0.6 is 11.3 Å². The fourth-order valence-corrected chi connectivity index (χ4v) is 3.03. The smallest absolute Gasteiger partial charge is 0.335 e. The third kappa shape index (κ3) is 3.98. The van der Waals surface area contributed by atoms with Gasteiger partial charge in [0.05, 0.1) is 11.3 Å². The van der Waals surface area contributed by atoms with Crippen molar-refractivity contribution in [1.29, 1.82) is 0 Å². The predicted molar refractivity (Wildman–Crippen MR) is 98.0 cm³/mol. The van der Waals surface area contributed by atoms with Crippen molar-refractivity contribution in [1.82, 2.24) is 4.98 Å². The molecule has 0 fully saturated rings. The summed E-state index contributed by atoms with van der Waals surface area (Å²) in [5.41, 5.74) is 2.51. The largest absolute Gasteiger partial charge is 0.872 e. The van der Waals surface area contributed by atoms with Gasteiger partial charge < -0.3 is 20.8 Å². The van der Waals surface area contributed by atoms with Gasteiger partial charge in [-0.05, 0) is 24.3 Å². The summed E-state index contributed by atoms with van der Waals surface area (Å²) < 4.78 is 0. The summed E-state index contributed by atoms with van der Waals surface area (Å²) in [6.45, 7) is 1.45. The zero-order chi connectivity index (χ0) is 18.7. The van der Waals surface area contributed by atoms with E-state index in [1.807, 2.05) is 17.5 Å². The summed E-state index contributed by atoms with van der Waals surface area (Å²) in [4.78, 5) is 26.5. The lowest BCUT2D eigenvalue weighted by Crippen LogP contribution is -2.05. The van der Waals surface area contributed by atoms with Crippen molar-refractivity contribution in [2.24, 2.45) is 0 Å². The average Bonchev–Trinajstić information content (AvgIpc) is 3.05. The lowest BCUT2D eigenvalue weighted by molar-refractivity contribution is -0.268. The van der Waals surface area contributed by atoms with E-state index in [4.69, 9.17) is 5.11 Å². The van der Waals surface area contributed by atoms with Gasteiger partial charge in [-0.25, -0.2) is 9.78 Å². The van der Waals surface area contributed by atoms with E-state index >= 15 is 0 Å². The number of rotatable bonds is 5. The molecule has 0 bridgehead atoms. The maximum absolute atomic E-state index is 11.5. The number of carbonyl (C=O) groups is 2. The van der Waals surface area contributed by atoms with Gasteiger partial charge >= 0.3 is 5.97 Å². The number of carboxylic acids is 1. The van der Waals surface area contributed by atoms with Crippen molar-refractivity contribution in [2.45, 2.75) is 6.92 Å². The van der Waals surface area contributed by atoms with Crippen molar-refractivity contribution in [3.05, 3.63) is 53.4 Å². The molecule has 3 N–H and O–H groups in total. The third-order valence-corrected chi connectivity index (χ3v) is 4.22. The Balaban J connectivity index is 1.77. The van der Waals surface area contributed by atoms with Crippen molar-refractivity contribution in [2.75, 3.05) is 10.6 Å². The van der Waals surface area contributed by atoms with E-state index < -0.39 is 11.7 Å². The maximum Gasteiger partial charge on any atom is 0.335 e. The molecule has 0 saturated carbocycles. The Hall–Kier alpha value is -3.39. The van der Waals surface area contributed by atoms with E-state index in [0.717, 1.165) is 11.3 Å². The minimum Gasteiger partial charge on any atom is -0.872 e. The van der Waals surface area contributed by atoms with Crippen LogP contribution in [0, 0.1) is 0 Å². The Kier molecular flexibility index (Phi) is 4.85. The van der Waals surface area contributed by atoms with Gasteiger partial charge in [0, 0.05) is 29.2 Å². The van der Waals surface area contributed by atoms with Crippen LogP contribution in [0.5, 0.6) is 5.75 Å². The van der Waals surface area contributed by atoms with Gasteiger partial charge in [-0.1, -0.05) is 23.9 Å². The normalized spacial score (nSPS) is 10.3. The van der Waals surface area contributed by atoms with Gasteiger partial charge in [0.1, 0.15) is 0 Å². The van der Waals surface area contributed by atoms with Gasteiger partial charge in [0.25, 0.3) is 0 Å². The summed E-state index contributed by atoms with van der Waals surface area (Å²) in [5.74, 6) is -1.94. The van der Waals surface area contributed by atoms with E-state index in [1.54, 1.807) is 12.1 Å². The topological polar surface area (TPSA) is 114 Å². The fraction of sp³-hybridized carbons (Fsp3) is 0.0556. The second-order valence-electron chi connectivity index (χ2n) is 5.44. The molecule has 2 aromatic carbocycles. The molecule has 3 aromatic rings. The molecule has 3 rings (SSSR count). The highest BCUT2D eigenvalue weighted by Gasteiger charge is 2.08. The molecular weight excluding hydrogens is 354 g/mol. The van der Waals surface area contributed by atoms with Crippen molar-refractivity contribution < 1.29 is 19.8 Å². The van der Waals surface area contributed by atoms with E-state index in [9.17, 15) is 14.7 Å². The molecule has 26 heavy (non-hydrogen) atoms. The van der Waals surface area contributed by atoms with E-state index in [-0.39, 0.29) is 11.5 Å². The van der Waals surface area contributed by atoms with Gasteiger partial charge in [-0.3, -0.25) is 4.79 Å². The lowest BCUT2D eigenvalue weighted by atomic mass is 10.1. The van der Waals surface area contributed by atoms with Crippen LogP contribution in [-0.4, -0.2) is 22.0 Å². The minimum atomic E-state index is -1.27. The molecule has 8 heteroatoms. The van der Waals surface area contributed by atoms with Crippen LogP contribution in [0.1, 0.15) is 17.3 Å². The first-order valence-electron chi connectivity index (χ1n) is 7.57. The quantitative estimate of drug-likeness (QED) is 0.637. The number of thiazole rings is 1. The molecule has 7 nitrogen and oxygen atoms in total. The molecule has 1 amide bonds. The van der Waals surface area contributed by atoms with Crippen LogP contribution in [-0.2, 0) is 4.79 Å². The molecule has 1 aromatic heterocycles. The van der Waals surface area contributed by atoms with E-state index in [0.29, 0.717) is 16.5 Å². The number of nitrogens with zero attached hydrogens (tertiary/aromatic N) is 1. The second kappa shape index (κ2) is 7.24. The Bertz CT molecular complexity index is 967. The first-order chi connectivity index (χ1) is 12.4. The zero-order valence-corrected chi connectivity index (χ0v) is 14.5. The highest BCUT2D eigenvalue weighted by atomic mass is 32.1. The van der Waals surface area contributed by atoms with Crippen molar-refractivity contribution in [3.8, 4) is 17.0 Å². The van der Waals surface area contributed by atoms with Crippen LogP contribution < -0.4 is 15.7 Å². The Morgan fingerprint density at radius 2 is 1.81 bits per heavy atom. The van der Waals surface area contributed by atoms with Gasteiger partial charge in [-0.2, -0.15) is 0 Å². The molecule has 0 saturated heterocycles. The first-order valence-corrected chi connectivity index (χ1v) is 8.45. The SMILES string of the molecule is CC(=O)Nc1ccc(-c2csc(Nc3ccc([O-])c(C(=O)O)c3)n2)cc1. The molecule has 1 heterocycles. The molecule has 132 valence electrons. The number of carboxylic acid groups (broad SMARTS) is 1. The number of carbonyl (C=O) groups excluding carboxylic acids is 1. The maximum atomic E-state index is 11.5. The monoisotopic (exact) mass is 368 g/mol. The highest BCUT2D eigenvalue weighted by Crippen LogP contribution is 2.29. The third-order valence-electron chi connectivity index (χ3n) is 3.47. The number of aromatic nitrogens is 1. The summed E-state index contributed by atoms with van der Waals surface area (Å²) in [7, 11) is 0.